The van der Waals surface area contributed by atoms with Crippen molar-refractivity contribution in [3.05, 3.63) is 28.2 Å². The van der Waals surface area contributed by atoms with Crippen molar-refractivity contribution in [1.29, 1.82) is 0 Å². The normalized spacial score (nSPS) is 20.0. The van der Waals surface area contributed by atoms with Crippen LogP contribution < -0.4 is 5.32 Å². The van der Waals surface area contributed by atoms with Gasteiger partial charge in [-0.05, 0) is 18.2 Å². The first-order chi connectivity index (χ1) is 5.77. The molecule has 0 aliphatic carbocycles. The summed E-state index contributed by atoms with van der Waals surface area (Å²) in [6.45, 7) is 0. The number of benzene rings is 1. The van der Waals surface area contributed by atoms with Gasteiger partial charge in [0.15, 0.2) is 6.23 Å². The lowest BCUT2D eigenvalue weighted by molar-refractivity contribution is 0.163. The van der Waals surface area contributed by atoms with E-state index in [4.69, 9.17) is 0 Å². The van der Waals surface area contributed by atoms with Gasteiger partial charge in [-0.2, -0.15) is 0 Å². The lowest BCUT2D eigenvalue weighted by atomic mass is 10.1. The van der Waals surface area contributed by atoms with Crippen molar-refractivity contribution in [3.8, 4) is 0 Å². The smallest absolute Gasteiger partial charge is 0.153 e. The molecule has 1 aliphatic heterocycles. The van der Waals surface area contributed by atoms with E-state index in [2.05, 4.69) is 26.2 Å². The molecule has 2 N–H and O–H groups in total. The van der Waals surface area contributed by atoms with Gasteiger partial charge in [-0.3, -0.25) is 0 Å². The van der Waals surface area contributed by atoms with Crippen molar-refractivity contribution in [2.75, 3.05) is 0 Å². The molecule has 0 aromatic heterocycles. The van der Waals surface area contributed by atoms with Crippen LogP contribution in [0, 0.1) is 0 Å². The summed E-state index contributed by atoms with van der Waals surface area (Å²) in [7, 11) is 0. The molecule has 1 aromatic rings. The van der Waals surface area contributed by atoms with Crippen LogP contribution >= 0.6 is 15.9 Å². The number of aliphatic imine (C=N–C) groups is 1. The molecular weight excluding hydrogens is 220 g/mol. The SMILES string of the molecule is OC1NC=Nc2ccc(Br)cc21. The Bertz CT molecular complexity index is 338. The molecule has 1 atom stereocenters. The Labute approximate surface area is 78.3 Å². The van der Waals surface area contributed by atoms with Crippen LogP contribution in [0.2, 0.25) is 0 Å². The van der Waals surface area contributed by atoms with Crippen LogP contribution in [0.25, 0.3) is 0 Å². The van der Waals surface area contributed by atoms with Crippen LogP contribution in [0.4, 0.5) is 5.69 Å². The van der Waals surface area contributed by atoms with E-state index in [1.54, 1.807) is 0 Å². The zero-order valence-corrected chi connectivity index (χ0v) is 7.75. The third-order valence-electron chi connectivity index (χ3n) is 1.72. The van der Waals surface area contributed by atoms with E-state index in [1.807, 2.05) is 18.2 Å². The predicted molar refractivity (Wildman–Crippen MR) is 50.4 cm³/mol. The number of nitrogens with one attached hydrogen (secondary N) is 1. The maximum Gasteiger partial charge on any atom is 0.153 e. The third-order valence-corrected chi connectivity index (χ3v) is 2.21. The van der Waals surface area contributed by atoms with Crippen LogP contribution in [0.15, 0.2) is 27.7 Å². The number of aliphatic hydroxyl groups excluding tert-OH is 1. The van der Waals surface area contributed by atoms with E-state index in [0.29, 0.717) is 0 Å². The summed E-state index contributed by atoms with van der Waals surface area (Å²) in [6.07, 6.45) is 0.857. The van der Waals surface area contributed by atoms with Gasteiger partial charge in [0.25, 0.3) is 0 Å². The third kappa shape index (κ3) is 1.23. The molecule has 1 heterocycles. The minimum absolute atomic E-state index is 0.644. The maximum absolute atomic E-state index is 9.46. The summed E-state index contributed by atoms with van der Waals surface area (Å²) in [5, 5.41) is 12.2. The summed E-state index contributed by atoms with van der Waals surface area (Å²) in [4.78, 5) is 4.07. The summed E-state index contributed by atoms with van der Waals surface area (Å²) in [6, 6.07) is 5.61. The number of aliphatic hydroxyl groups is 1. The zero-order chi connectivity index (χ0) is 8.55. The first-order valence-corrected chi connectivity index (χ1v) is 4.33. The van der Waals surface area contributed by atoms with Crippen molar-refractivity contribution in [3.63, 3.8) is 0 Å². The molecule has 0 fully saturated rings. The van der Waals surface area contributed by atoms with E-state index in [1.165, 1.54) is 6.34 Å². The van der Waals surface area contributed by atoms with Crippen LogP contribution in [0.3, 0.4) is 0 Å². The number of hydrogen-bond acceptors (Lipinski definition) is 3. The van der Waals surface area contributed by atoms with E-state index < -0.39 is 6.23 Å². The fourth-order valence-corrected chi connectivity index (χ4v) is 1.51. The molecule has 0 spiro atoms. The largest absolute Gasteiger partial charge is 0.369 e. The van der Waals surface area contributed by atoms with Gasteiger partial charge in [0.1, 0.15) is 0 Å². The van der Waals surface area contributed by atoms with Gasteiger partial charge < -0.3 is 10.4 Å². The molecule has 4 heteroatoms. The zero-order valence-electron chi connectivity index (χ0n) is 6.16. The quantitative estimate of drug-likeness (QED) is 0.708. The lowest BCUT2D eigenvalue weighted by Crippen LogP contribution is -2.21. The average Bonchev–Trinajstić information content (AvgIpc) is 2.07. The second kappa shape index (κ2) is 2.88. The lowest BCUT2D eigenvalue weighted by Gasteiger charge is -2.17. The Morgan fingerprint density at radius 2 is 2.33 bits per heavy atom. The predicted octanol–water partition coefficient (Wildman–Crippen LogP) is 1.70. The molecule has 0 saturated heterocycles. The van der Waals surface area contributed by atoms with E-state index in [0.717, 1.165) is 15.7 Å². The molecule has 0 bridgehead atoms. The van der Waals surface area contributed by atoms with Crippen molar-refractivity contribution in [2.45, 2.75) is 6.23 Å². The summed E-state index contributed by atoms with van der Waals surface area (Å²) in [5.74, 6) is 0. The molecule has 3 nitrogen and oxygen atoms in total. The Morgan fingerprint density at radius 3 is 3.17 bits per heavy atom. The van der Waals surface area contributed by atoms with Gasteiger partial charge in [0, 0.05) is 10.0 Å². The average molecular weight is 227 g/mol. The van der Waals surface area contributed by atoms with Gasteiger partial charge >= 0.3 is 0 Å². The number of rotatable bonds is 0. The summed E-state index contributed by atoms with van der Waals surface area (Å²) >= 11 is 3.33. The molecule has 0 saturated carbocycles. The van der Waals surface area contributed by atoms with Gasteiger partial charge in [0.2, 0.25) is 0 Å². The van der Waals surface area contributed by atoms with E-state index in [9.17, 15) is 5.11 Å². The van der Waals surface area contributed by atoms with E-state index in [-0.39, 0.29) is 0 Å². The molecule has 12 heavy (non-hydrogen) atoms. The Balaban J connectivity index is 2.56. The van der Waals surface area contributed by atoms with Crippen LogP contribution in [0.5, 0.6) is 0 Å². The van der Waals surface area contributed by atoms with Crippen LogP contribution in [0.1, 0.15) is 11.8 Å². The molecule has 2 rings (SSSR count). The second-order valence-electron chi connectivity index (χ2n) is 2.53. The number of halogens is 1. The Kier molecular flexibility index (Phi) is 1.86. The molecule has 0 radical (unpaired) electrons. The van der Waals surface area contributed by atoms with Crippen molar-refractivity contribution in [2.24, 2.45) is 4.99 Å². The number of fused-ring (bicyclic) bond motifs is 1. The Morgan fingerprint density at radius 1 is 1.50 bits per heavy atom. The standard InChI is InChI=1S/C8H7BrN2O/c9-5-1-2-7-6(3-5)8(12)11-4-10-7/h1-4,8,12H,(H,10,11). The minimum Gasteiger partial charge on any atom is -0.369 e. The van der Waals surface area contributed by atoms with Crippen molar-refractivity contribution in [1.82, 2.24) is 5.32 Å². The molecule has 1 aromatic carbocycles. The number of nitrogens with zero attached hydrogens (tertiary/aromatic N) is 1. The second-order valence-corrected chi connectivity index (χ2v) is 3.45. The minimum atomic E-state index is -0.644. The van der Waals surface area contributed by atoms with Gasteiger partial charge in [-0.1, -0.05) is 15.9 Å². The molecule has 1 aliphatic rings. The van der Waals surface area contributed by atoms with Crippen LogP contribution in [-0.2, 0) is 0 Å². The summed E-state index contributed by atoms with van der Waals surface area (Å²) in [5.41, 5.74) is 1.61. The van der Waals surface area contributed by atoms with Crippen LogP contribution in [-0.4, -0.2) is 11.4 Å². The monoisotopic (exact) mass is 226 g/mol. The van der Waals surface area contributed by atoms with Gasteiger partial charge in [0.05, 0.1) is 12.0 Å². The fourth-order valence-electron chi connectivity index (χ4n) is 1.13. The highest BCUT2D eigenvalue weighted by Crippen LogP contribution is 2.29. The Hall–Kier alpha value is -0.870. The molecular formula is C8H7BrN2O. The maximum atomic E-state index is 9.46. The van der Waals surface area contributed by atoms with E-state index >= 15 is 0 Å². The van der Waals surface area contributed by atoms with Crippen molar-refractivity contribution < 1.29 is 5.11 Å². The highest BCUT2D eigenvalue weighted by Gasteiger charge is 2.13. The molecule has 1 unspecified atom stereocenters. The van der Waals surface area contributed by atoms with Gasteiger partial charge in [-0.15, -0.1) is 0 Å². The molecule has 0 amide bonds. The first kappa shape index (κ1) is 7.76. The topological polar surface area (TPSA) is 44.6 Å². The highest BCUT2D eigenvalue weighted by atomic mass is 79.9. The number of hydrogen-bond donors (Lipinski definition) is 2. The van der Waals surface area contributed by atoms with Gasteiger partial charge in [-0.25, -0.2) is 4.99 Å². The fraction of sp³-hybridized carbons (Fsp3) is 0.125. The van der Waals surface area contributed by atoms with Crippen molar-refractivity contribution >= 4 is 28.0 Å². The highest BCUT2D eigenvalue weighted by molar-refractivity contribution is 9.10. The summed E-state index contributed by atoms with van der Waals surface area (Å²) < 4.78 is 0.944. The first-order valence-electron chi connectivity index (χ1n) is 3.53. The molecule has 62 valence electrons.